The molecule has 0 saturated carbocycles. The van der Waals surface area contributed by atoms with Crippen molar-refractivity contribution in [3.63, 3.8) is 0 Å². The molecule has 2 rings (SSSR count). The van der Waals surface area contributed by atoms with Gasteiger partial charge in [0.1, 0.15) is 0 Å². The Hall–Kier alpha value is -3.05. The molecule has 1 aromatic heterocycles. The first-order chi connectivity index (χ1) is 13.4. The maximum Gasteiger partial charge on any atom is 0.311 e. The first-order valence-corrected chi connectivity index (χ1v) is 9.25. The van der Waals surface area contributed by atoms with Crippen LogP contribution in [0.3, 0.4) is 0 Å². The average molecular weight is 408 g/mol. The number of nitrogens with zero attached hydrogens (tertiary/aromatic N) is 2. The minimum atomic E-state index is -0.573. The molecule has 0 aliphatic heterocycles. The van der Waals surface area contributed by atoms with Crippen LogP contribution in [0.2, 0.25) is 0 Å². The minimum absolute atomic E-state index is 0.000836. The second-order valence-corrected chi connectivity index (χ2v) is 6.34. The smallest absolute Gasteiger partial charge is 0.311 e. The number of hydrogen-bond donors (Lipinski definition) is 2. The zero-order valence-electron chi connectivity index (χ0n) is 15.4. The van der Waals surface area contributed by atoms with Gasteiger partial charge < -0.3 is 14.8 Å². The van der Waals surface area contributed by atoms with Crippen molar-refractivity contribution in [3.05, 3.63) is 45.0 Å². The number of rotatable bonds is 10. The Morgan fingerprint density at radius 3 is 2.82 bits per heavy atom. The number of nitro groups is 1. The quantitative estimate of drug-likeness (QED) is 0.265. The van der Waals surface area contributed by atoms with E-state index in [1.165, 1.54) is 18.2 Å². The molecule has 2 aromatic rings. The molecule has 0 unspecified atom stereocenters. The van der Waals surface area contributed by atoms with Crippen LogP contribution in [0.4, 0.5) is 16.5 Å². The van der Waals surface area contributed by atoms with E-state index >= 15 is 0 Å². The third-order valence-electron chi connectivity index (χ3n) is 3.48. The molecular formula is C17H20N4O6S. The largest absolute Gasteiger partial charge is 0.466 e. The van der Waals surface area contributed by atoms with Crippen LogP contribution in [-0.2, 0) is 20.7 Å². The summed E-state index contributed by atoms with van der Waals surface area (Å²) in [5.41, 5.74) is 0.803. The van der Waals surface area contributed by atoms with E-state index in [0.717, 1.165) is 11.3 Å². The summed E-state index contributed by atoms with van der Waals surface area (Å²) in [7, 11) is 1.54. The summed E-state index contributed by atoms with van der Waals surface area (Å²) in [5, 5.41) is 18.6. The number of amides is 1. The summed E-state index contributed by atoms with van der Waals surface area (Å²) in [5.74, 6) is -0.963. The number of methoxy groups -OCH3 is 1. The van der Waals surface area contributed by atoms with Crippen LogP contribution < -0.4 is 10.6 Å². The lowest BCUT2D eigenvalue weighted by molar-refractivity contribution is -0.384. The molecule has 0 atom stereocenters. The van der Waals surface area contributed by atoms with Crippen molar-refractivity contribution in [2.75, 3.05) is 37.5 Å². The van der Waals surface area contributed by atoms with E-state index in [9.17, 15) is 19.7 Å². The molecule has 0 radical (unpaired) electrons. The zero-order valence-corrected chi connectivity index (χ0v) is 16.2. The van der Waals surface area contributed by atoms with Crippen molar-refractivity contribution in [3.8, 4) is 0 Å². The Kier molecular flexibility index (Phi) is 7.84. The summed E-state index contributed by atoms with van der Waals surface area (Å²) >= 11 is 1.15. The van der Waals surface area contributed by atoms with Gasteiger partial charge in [-0.25, -0.2) is 4.98 Å². The van der Waals surface area contributed by atoms with Gasteiger partial charge in [0.15, 0.2) is 5.13 Å². The number of thiazole rings is 1. The van der Waals surface area contributed by atoms with Crippen molar-refractivity contribution < 1.29 is 24.0 Å². The first kappa shape index (κ1) is 21.3. The van der Waals surface area contributed by atoms with Crippen LogP contribution >= 0.6 is 11.3 Å². The van der Waals surface area contributed by atoms with Crippen LogP contribution in [0.1, 0.15) is 23.0 Å². The molecule has 0 aliphatic rings. The van der Waals surface area contributed by atoms with Gasteiger partial charge in [0.25, 0.3) is 11.6 Å². The van der Waals surface area contributed by atoms with Gasteiger partial charge in [-0.3, -0.25) is 25.0 Å². The predicted octanol–water partition coefficient (Wildman–Crippen LogP) is 2.47. The number of aromatic nitrogens is 1. The summed E-state index contributed by atoms with van der Waals surface area (Å²) in [6.07, 6.45) is 0.000836. The molecule has 150 valence electrons. The van der Waals surface area contributed by atoms with Gasteiger partial charge in [-0.15, -0.1) is 11.3 Å². The highest BCUT2D eigenvalue weighted by molar-refractivity contribution is 7.14. The van der Waals surface area contributed by atoms with Crippen molar-refractivity contribution >= 4 is 39.7 Å². The molecule has 0 aliphatic carbocycles. The molecule has 0 spiro atoms. The standard InChI is InChI=1S/C17H20N4O6S/c1-3-27-15(22)8-11-10-28-17(19-11)20-16(23)13-9-12(21(24)25)4-5-14(13)18-6-7-26-2/h4-5,9-10,18H,3,6-8H2,1-2H3,(H,19,20,23). The lowest BCUT2D eigenvalue weighted by Gasteiger charge is -2.11. The fraction of sp³-hybridized carbons (Fsp3) is 0.353. The Balaban J connectivity index is 2.15. The van der Waals surface area contributed by atoms with Crippen molar-refractivity contribution in [2.45, 2.75) is 13.3 Å². The number of nitrogens with one attached hydrogen (secondary N) is 2. The summed E-state index contributed by atoms with van der Waals surface area (Å²) in [6, 6.07) is 3.97. The third kappa shape index (κ3) is 5.99. The highest BCUT2D eigenvalue weighted by Gasteiger charge is 2.18. The molecule has 2 N–H and O–H groups in total. The molecule has 28 heavy (non-hydrogen) atoms. The summed E-state index contributed by atoms with van der Waals surface area (Å²) in [6.45, 7) is 2.82. The van der Waals surface area contributed by atoms with Gasteiger partial charge >= 0.3 is 5.97 Å². The zero-order chi connectivity index (χ0) is 20.5. The monoisotopic (exact) mass is 408 g/mol. The summed E-state index contributed by atoms with van der Waals surface area (Å²) < 4.78 is 9.82. The number of carbonyl (C=O) groups is 2. The van der Waals surface area contributed by atoms with Gasteiger partial charge in [0, 0.05) is 36.9 Å². The third-order valence-corrected chi connectivity index (χ3v) is 4.29. The fourth-order valence-corrected chi connectivity index (χ4v) is 2.95. The number of carbonyl (C=O) groups excluding carboxylic acids is 2. The van der Waals surface area contributed by atoms with E-state index in [2.05, 4.69) is 15.6 Å². The lowest BCUT2D eigenvalue weighted by Crippen LogP contribution is -2.17. The topological polar surface area (TPSA) is 133 Å². The Bertz CT molecular complexity index is 854. The SMILES string of the molecule is CCOC(=O)Cc1csc(NC(=O)c2cc([N+](=O)[O-])ccc2NCCOC)n1. The van der Waals surface area contributed by atoms with Gasteiger partial charge in [-0.05, 0) is 13.0 Å². The highest BCUT2D eigenvalue weighted by Crippen LogP contribution is 2.24. The van der Waals surface area contributed by atoms with E-state index in [0.29, 0.717) is 24.5 Å². The van der Waals surface area contributed by atoms with Crippen LogP contribution in [0, 0.1) is 10.1 Å². The number of non-ortho nitro benzene ring substituents is 1. The molecule has 0 saturated heterocycles. The average Bonchev–Trinajstić information content (AvgIpc) is 3.08. The first-order valence-electron chi connectivity index (χ1n) is 8.37. The van der Waals surface area contributed by atoms with Crippen LogP contribution in [0.5, 0.6) is 0 Å². The minimum Gasteiger partial charge on any atom is -0.466 e. The molecule has 1 aromatic carbocycles. The number of benzene rings is 1. The molecular weight excluding hydrogens is 388 g/mol. The maximum absolute atomic E-state index is 12.6. The van der Waals surface area contributed by atoms with Crippen LogP contribution in [0.15, 0.2) is 23.6 Å². The number of anilines is 2. The fourth-order valence-electron chi connectivity index (χ4n) is 2.25. The number of esters is 1. The van der Waals surface area contributed by atoms with Gasteiger partial charge in [-0.2, -0.15) is 0 Å². The van der Waals surface area contributed by atoms with Crippen molar-refractivity contribution in [2.24, 2.45) is 0 Å². The van der Waals surface area contributed by atoms with E-state index < -0.39 is 16.8 Å². The normalized spacial score (nSPS) is 10.4. The Labute approximate surface area is 165 Å². The molecule has 1 amide bonds. The number of hydrogen-bond acceptors (Lipinski definition) is 9. The van der Waals surface area contributed by atoms with E-state index in [1.54, 1.807) is 19.4 Å². The van der Waals surface area contributed by atoms with Crippen LogP contribution in [-0.4, -0.2) is 48.7 Å². The summed E-state index contributed by atoms with van der Waals surface area (Å²) in [4.78, 5) is 38.8. The Morgan fingerprint density at radius 1 is 1.36 bits per heavy atom. The van der Waals surface area contributed by atoms with E-state index in [-0.39, 0.29) is 29.4 Å². The van der Waals surface area contributed by atoms with Crippen molar-refractivity contribution in [1.82, 2.24) is 4.98 Å². The second-order valence-electron chi connectivity index (χ2n) is 5.49. The van der Waals surface area contributed by atoms with Gasteiger partial charge in [-0.1, -0.05) is 0 Å². The number of ether oxygens (including phenoxy) is 2. The molecule has 1 heterocycles. The van der Waals surface area contributed by atoms with Crippen molar-refractivity contribution in [1.29, 1.82) is 0 Å². The molecule has 11 heteroatoms. The predicted molar refractivity (Wildman–Crippen MR) is 104 cm³/mol. The van der Waals surface area contributed by atoms with E-state index in [1.807, 2.05) is 0 Å². The number of nitro benzene ring substituents is 1. The molecule has 10 nitrogen and oxygen atoms in total. The van der Waals surface area contributed by atoms with Gasteiger partial charge in [0.2, 0.25) is 0 Å². The van der Waals surface area contributed by atoms with Gasteiger partial charge in [0.05, 0.1) is 35.8 Å². The molecule has 0 bridgehead atoms. The van der Waals surface area contributed by atoms with Crippen LogP contribution in [0.25, 0.3) is 0 Å². The van der Waals surface area contributed by atoms with E-state index in [4.69, 9.17) is 9.47 Å². The maximum atomic E-state index is 12.6. The lowest BCUT2D eigenvalue weighted by atomic mass is 10.1. The molecule has 0 fully saturated rings. The Morgan fingerprint density at radius 2 is 2.14 bits per heavy atom. The second kappa shape index (κ2) is 10.3. The highest BCUT2D eigenvalue weighted by atomic mass is 32.1.